The van der Waals surface area contributed by atoms with Gasteiger partial charge in [0.05, 0.1) is 13.2 Å². The van der Waals surface area contributed by atoms with Gasteiger partial charge in [0.1, 0.15) is 5.60 Å². The van der Waals surface area contributed by atoms with Gasteiger partial charge in [0, 0.05) is 38.4 Å². The van der Waals surface area contributed by atoms with Crippen LogP contribution in [-0.4, -0.2) is 46.9 Å². The van der Waals surface area contributed by atoms with E-state index in [2.05, 4.69) is 28.9 Å². The van der Waals surface area contributed by atoms with Gasteiger partial charge >= 0.3 is 0 Å². The lowest BCUT2D eigenvalue weighted by molar-refractivity contribution is -0.134. The summed E-state index contributed by atoms with van der Waals surface area (Å²) in [6.45, 7) is 5.28. The monoisotopic (exact) mass is 312 g/mol. The standard InChI is InChI=1S/C19H24N2O2/c1-16-4-2-3-5-18(16)12-19(15-22)14-21(10-11-23-19)13-17-6-8-20-9-7-17/h2-9,22H,10-15H2,1H3. The van der Waals surface area contributed by atoms with Gasteiger partial charge in [-0.05, 0) is 35.7 Å². The molecule has 2 heterocycles. The van der Waals surface area contributed by atoms with Gasteiger partial charge < -0.3 is 9.84 Å². The number of morpholine rings is 1. The van der Waals surface area contributed by atoms with Gasteiger partial charge in [0.25, 0.3) is 0 Å². The molecule has 1 N–H and O–H groups in total. The second-order valence-electron chi connectivity index (χ2n) is 6.36. The molecule has 2 aromatic rings. The Hall–Kier alpha value is -1.75. The number of nitrogens with zero attached hydrogens (tertiary/aromatic N) is 2. The molecule has 1 aliphatic rings. The first-order chi connectivity index (χ1) is 11.2. The molecular formula is C19H24N2O2. The van der Waals surface area contributed by atoms with Crippen LogP contribution >= 0.6 is 0 Å². The van der Waals surface area contributed by atoms with Crippen LogP contribution in [0, 0.1) is 6.92 Å². The summed E-state index contributed by atoms with van der Waals surface area (Å²) in [5.74, 6) is 0. The highest BCUT2D eigenvalue weighted by Crippen LogP contribution is 2.25. The van der Waals surface area contributed by atoms with Crippen molar-refractivity contribution in [3.05, 3.63) is 65.5 Å². The van der Waals surface area contributed by atoms with Gasteiger partial charge in [-0.15, -0.1) is 0 Å². The fourth-order valence-corrected chi connectivity index (χ4v) is 3.22. The van der Waals surface area contributed by atoms with E-state index in [9.17, 15) is 5.11 Å². The number of hydrogen-bond acceptors (Lipinski definition) is 4. The Morgan fingerprint density at radius 1 is 1.22 bits per heavy atom. The fraction of sp³-hybridized carbons (Fsp3) is 0.421. The van der Waals surface area contributed by atoms with Crippen LogP contribution in [0.25, 0.3) is 0 Å². The number of rotatable bonds is 5. The largest absolute Gasteiger partial charge is 0.393 e. The molecule has 0 bridgehead atoms. The van der Waals surface area contributed by atoms with Crippen LogP contribution in [0.1, 0.15) is 16.7 Å². The van der Waals surface area contributed by atoms with E-state index in [1.54, 1.807) is 0 Å². The summed E-state index contributed by atoms with van der Waals surface area (Å²) in [4.78, 5) is 6.42. The van der Waals surface area contributed by atoms with Crippen molar-refractivity contribution in [1.29, 1.82) is 0 Å². The minimum atomic E-state index is -0.516. The minimum Gasteiger partial charge on any atom is -0.393 e. The molecule has 1 aromatic heterocycles. The van der Waals surface area contributed by atoms with Crippen LogP contribution in [0.3, 0.4) is 0 Å². The van der Waals surface area contributed by atoms with Crippen molar-refractivity contribution < 1.29 is 9.84 Å². The molecule has 0 radical (unpaired) electrons. The maximum Gasteiger partial charge on any atom is 0.108 e. The highest BCUT2D eigenvalue weighted by molar-refractivity contribution is 5.27. The minimum absolute atomic E-state index is 0.0359. The van der Waals surface area contributed by atoms with E-state index in [1.165, 1.54) is 16.7 Å². The molecule has 1 aromatic carbocycles. The highest BCUT2D eigenvalue weighted by atomic mass is 16.5. The molecule has 1 saturated heterocycles. The third-order valence-corrected chi connectivity index (χ3v) is 4.55. The Morgan fingerprint density at radius 2 is 2.00 bits per heavy atom. The number of aromatic nitrogens is 1. The molecule has 122 valence electrons. The van der Waals surface area contributed by atoms with Crippen LogP contribution in [0.4, 0.5) is 0 Å². The van der Waals surface area contributed by atoms with Crippen molar-refractivity contribution in [2.75, 3.05) is 26.3 Å². The molecule has 0 aliphatic carbocycles. The summed E-state index contributed by atoms with van der Waals surface area (Å²) in [6.07, 6.45) is 4.38. The van der Waals surface area contributed by atoms with Gasteiger partial charge in [0.2, 0.25) is 0 Å². The van der Waals surface area contributed by atoms with Crippen LogP contribution in [-0.2, 0) is 17.7 Å². The molecule has 0 saturated carbocycles. The number of aryl methyl sites for hydroxylation is 1. The van der Waals surface area contributed by atoms with Crippen molar-refractivity contribution in [3.63, 3.8) is 0 Å². The molecule has 1 unspecified atom stereocenters. The van der Waals surface area contributed by atoms with Crippen LogP contribution in [0.2, 0.25) is 0 Å². The van der Waals surface area contributed by atoms with Crippen molar-refractivity contribution >= 4 is 0 Å². The lowest BCUT2D eigenvalue weighted by atomic mass is 9.91. The van der Waals surface area contributed by atoms with E-state index in [0.717, 1.165) is 26.1 Å². The molecule has 4 heteroatoms. The molecule has 4 nitrogen and oxygen atoms in total. The Bertz CT molecular complexity index is 632. The van der Waals surface area contributed by atoms with Gasteiger partial charge in [-0.1, -0.05) is 24.3 Å². The average Bonchev–Trinajstić information content (AvgIpc) is 2.58. The first kappa shape index (κ1) is 16.1. The van der Waals surface area contributed by atoms with Crippen LogP contribution in [0.5, 0.6) is 0 Å². The molecule has 0 spiro atoms. The summed E-state index contributed by atoms with van der Waals surface area (Å²) in [5, 5.41) is 10.0. The summed E-state index contributed by atoms with van der Waals surface area (Å²) < 4.78 is 6.04. The summed E-state index contributed by atoms with van der Waals surface area (Å²) in [6, 6.07) is 12.4. The zero-order chi connectivity index (χ0) is 16.1. The number of ether oxygens (including phenoxy) is 1. The molecular weight excluding hydrogens is 288 g/mol. The molecule has 1 atom stereocenters. The van der Waals surface area contributed by atoms with E-state index >= 15 is 0 Å². The zero-order valence-electron chi connectivity index (χ0n) is 13.6. The van der Waals surface area contributed by atoms with E-state index in [1.807, 2.05) is 36.7 Å². The quantitative estimate of drug-likeness (QED) is 0.919. The molecule has 0 amide bonds. The lowest BCUT2D eigenvalue weighted by Gasteiger charge is -2.42. The second kappa shape index (κ2) is 7.21. The second-order valence-corrected chi connectivity index (χ2v) is 6.36. The van der Waals surface area contributed by atoms with Gasteiger partial charge in [-0.2, -0.15) is 0 Å². The normalized spacial score (nSPS) is 22.2. The first-order valence-electron chi connectivity index (χ1n) is 8.11. The van der Waals surface area contributed by atoms with E-state index in [4.69, 9.17) is 4.74 Å². The van der Waals surface area contributed by atoms with E-state index in [0.29, 0.717) is 6.61 Å². The zero-order valence-corrected chi connectivity index (χ0v) is 13.6. The van der Waals surface area contributed by atoms with E-state index in [-0.39, 0.29) is 6.61 Å². The maximum atomic E-state index is 10.0. The van der Waals surface area contributed by atoms with Crippen molar-refractivity contribution in [1.82, 2.24) is 9.88 Å². The van der Waals surface area contributed by atoms with E-state index < -0.39 is 5.60 Å². The molecule has 1 fully saturated rings. The number of pyridine rings is 1. The third-order valence-electron chi connectivity index (χ3n) is 4.55. The molecule has 1 aliphatic heterocycles. The SMILES string of the molecule is Cc1ccccc1CC1(CO)CN(Cc2ccncc2)CCO1. The Kier molecular flexibility index (Phi) is 5.06. The fourth-order valence-electron chi connectivity index (χ4n) is 3.22. The van der Waals surface area contributed by atoms with Gasteiger partial charge in [-0.25, -0.2) is 0 Å². The number of benzene rings is 1. The van der Waals surface area contributed by atoms with Crippen molar-refractivity contribution in [2.24, 2.45) is 0 Å². The van der Waals surface area contributed by atoms with Crippen molar-refractivity contribution in [3.8, 4) is 0 Å². The van der Waals surface area contributed by atoms with Crippen LogP contribution in [0.15, 0.2) is 48.8 Å². The van der Waals surface area contributed by atoms with Gasteiger partial charge in [0.15, 0.2) is 0 Å². The Labute approximate surface area is 137 Å². The topological polar surface area (TPSA) is 45.6 Å². The summed E-state index contributed by atoms with van der Waals surface area (Å²) >= 11 is 0. The Balaban J connectivity index is 1.72. The maximum absolute atomic E-state index is 10.0. The van der Waals surface area contributed by atoms with Crippen molar-refractivity contribution in [2.45, 2.75) is 25.5 Å². The summed E-state index contributed by atoms with van der Waals surface area (Å²) in [5.41, 5.74) is 3.21. The molecule has 3 rings (SSSR count). The average molecular weight is 312 g/mol. The predicted octanol–water partition coefficient (Wildman–Crippen LogP) is 2.20. The first-order valence-corrected chi connectivity index (χ1v) is 8.11. The molecule has 23 heavy (non-hydrogen) atoms. The lowest BCUT2D eigenvalue weighted by Crippen LogP contribution is -2.55. The number of aliphatic hydroxyl groups excluding tert-OH is 1. The number of aliphatic hydroxyl groups is 1. The summed E-state index contributed by atoms with van der Waals surface area (Å²) in [7, 11) is 0. The van der Waals surface area contributed by atoms with Gasteiger partial charge in [-0.3, -0.25) is 9.88 Å². The number of hydrogen-bond donors (Lipinski definition) is 1. The third kappa shape index (κ3) is 3.96. The highest BCUT2D eigenvalue weighted by Gasteiger charge is 2.36. The van der Waals surface area contributed by atoms with Crippen LogP contribution < -0.4 is 0 Å². The predicted molar refractivity (Wildman–Crippen MR) is 90.2 cm³/mol. The Morgan fingerprint density at radius 3 is 2.74 bits per heavy atom. The smallest absolute Gasteiger partial charge is 0.108 e.